The molecule has 0 saturated carbocycles. The van der Waals surface area contributed by atoms with Crippen LogP contribution in [0.25, 0.3) is 0 Å². The van der Waals surface area contributed by atoms with Gasteiger partial charge >= 0.3 is 0 Å². The summed E-state index contributed by atoms with van der Waals surface area (Å²) in [5.41, 5.74) is 4.50. The molecule has 40 heavy (non-hydrogen) atoms. The number of aromatic nitrogens is 4. The zero-order chi connectivity index (χ0) is 28.4. The number of allylic oxidation sites excluding steroid dienone is 1. The number of hydrogen-bond donors (Lipinski definition) is 2. The standard InChI is InChI=1S/C27H30BrN7O5/c1-15-6-5-7-20(16(15)2)30-26(37)23-17(3)29-27-31-32-33-35(27)24(23)18-12-19(28)25(21(13-18)38-4)40-14-22(36)34-8-10-39-11-9-34/h5-7,12-13,24H,8-11,14H2,1-4H3,(H,30,37)(H,29,31,33). The van der Waals surface area contributed by atoms with E-state index >= 15 is 0 Å². The van der Waals surface area contributed by atoms with Gasteiger partial charge in [-0.05, 0) is 82.0 Å². The highest BCUT2D eigenvalue weighted by Crippen LogP contribution is 2.42. The van der Waals surface area contributed by atoms with Gasteiger partial charge in [0.1, 0.15) is 6.04 Å². The second kappa shape index (κ2) is 11.6. The molecule has 2 aromatic carbocycles. The number of benzene rings is 2. The summed E-state index contributed by atoms with van der Waals surface area (Å²) in [5.74, 6) is 0.732. The minimum Gasteiger partial charge on any atom is -0.493 e. The molecule has 1 saturated heterocycles. The van der Waals surface area contributed by atoms with E-state index in [9.17, 15) is 9.59 Å². The average Bonchev–Trinajstić information content (AvgIpc) is 3.42. The number of fused-ring (bicyclic) bond motifs is 1. The fourth-order valence-electron chi connectivity index (χ4n) is 4.77. The lowest BCUT2D eigenvalue weighted by Gasteiger charge is -2.29. The number of aryl methyl sites for hydroxylation is 1. The van der Waals surface area contributed by atoms with E-state index in [0.717, 1.165) is 16.8 Å². The Morgan fingerprint density at radius 2 is 1.98 bits per heavy atom. The summed E-state index contributed by atoms with van der Waals surface area (Å²) in [6, 6.07) is 8.67. The Kier molecular flexibility index (Phi) is 8.03. The first-order valence-corrected chi connectivity index (χ1v) is 13.6. The normalized spacial score (nSPS) is 16.7. The van der Waals surface area contributed by atoms with Crippen LogP contribution in [0, 0.1) is 13.8 Å². The molecule has 2 N–H and O–H groups in total. The minimum atomic E-state index is -0.675. The zero-order valence-corrected chi connectivity index (χ0v) is 24.2. The van der Waals surface area contributed by atoms with Crippen molar-refractivity contribution in [2.24, 2.45) is 0 Å². The van der Waals surface area contributed by atoms with Crippen molar-refractivity contribution in [3.63, 3.8) is 0 Å². The molecule has 0 bridgehead atoms. The number of ether oxygens (including phenoxy) is 3. The van der Waals surface area contributed by atoms with Crippen molar-refractivity contribution >= 4 is 39.4 Å². The highest BCUT2D eigenvalue weighted by Gasteiger charge is 2.35. The maximum absolute atomic E-state index is 13.8. The molecule has 1 unspecified atom stereocenters. The van der Waals surface area contributed by atoms with E-state index in [2.05, 4.69) is 42.1 Å². The van der Waals surface area contributed by atoms with Crippen LogP contribution in [-0.2, 0) is 14.3 Å². The SMILES string of the molecule is COc1cc(C2C(C(=O)Nc3cccc(C)c3C)=C(C)Nc3nnnn32)cc(Br)c1OCC(=O)N1CCOCC1. The van der Waals surface area contributed by atoms with Gasteiger partial charge in [-0.3, -0.25) is 9.59 Å². The topological polar surface area (TPSA) is 133 Å². The van der Waals surface area contributed by atoms with Crippen molar-refractivity contribution in [2.75, 3.05) is 50.7 Å². The predicted molar refractivity (Wildman–Crippen MR) is 150 cm³/mol. The van der Waals surface area contributed by atoms with Crippen LogP contribution < -0.4 is 20.1 Å². The van der Waals surface area contributed by atoms with Crippen molar-refractivity contribution in [3.8, 4) is 11.5 Å². The number of amides is 2. The molecule has 2 aliphatic rings. The first-order valence-electron chi connectivity index (χ1n) is 12.8. The number of anilines is 2. The monoisotopic (exact) mass is 611 g/mol. The second-order valence-corrected chi connectivity index (χ2v) is 10.4. The third kappa shape index (κ3) is 5.39. The third-order valence-electron chi connectivity index (χ3n) is 7.08. The van der Waals surface area contributed by atoms with Gasteiger partial charge in [-0.15, -0.1) is 0 Å². The van der Waals surface area contributed by atoms with E-state index in [4.69, 9.17) is 14.2 Å². The molecular weight excluding hydrogens is 582 g/mol. The number of carbonyl (C=O) groups excluding carboxylic acids is 2. The first kappa shape index (κ1) is 27.6. The fourth-order valence-corrected chi connectivity index (χ4v) is 5.34. The Hall–Kier alpha value is -3.97. The number of nitrogens with one attached hydrogen (secondary N) is 2. The molecule has 0 radical (unpaired) electrons. The maximum atomic E-state index is 13.8. The van der Waals surface area contributed by atoms with Crippen molar-refractivity contribution < 1.29 is 23.8 Å². The van der Waals surface area contributed by atoms with Crippen LogP contribution in [0.15, 0.2) is 46.1 Å². The second-order valence-electron chi connectivity index (χ2n) is 9.53. The molecule has 13 heteroatoms. The Morgan fingerprint density at radius 1 is 1.20 bits per heavy atom. The maximum Gasteiger partial charge on any atom is 0.260 e. The number of carbonyl (C=O) groups is 2. The van der Waals surface area contributed by atoms with Gasteiger partial charge in [0.05, 0.1) is 30.4 Å². The molecule has 3 aromatic rings. The Morgan fingerprint density at radius 3 is 2.73 bits per heavy atom. The van der Waals surface area contributed by atoms with Crippen LogP contribution in [0.5, 0.6) is 11.5 Å². The molecule has 12 nitrogen and oxygen atoms in total. The van der Waals surface area contributed by atoms with Crippen LogP contribution >= 0.6 is 15.9 Å². The number of halogens is 1. The lowest BCUT2D eigenvalue weighted by molar-refractivity contribution is -0.137. The molecule has 1 aromatic heterocycles. The molecule has 210 valence electrons. The van der Waals surface area contributed by atoms with Gasteiger partial charge in [0.2, 0.25) is 5.95 Å². The quantitative estimate of drug-likeness (QED) is 0.413. The van der Waals surface area contributed by atoms with Gasteiger partial charge in [-0.2, -0.15) is 4.68 Å². The number of hydrogen-bond acceptors (Lipinski definition) is 9. The van der Waals surface area contributed by atoms with Crippen LogP contribution in [0.3, 0.4) is 0 Å². The number of morpholine rings is 1. The van der Waals surface area contributed by atoms with Crippen molar-refractivity contribution in [3.05, 3.63) is 62.8 Å². The summed E-state index contributed by atoms with van der Waals surface area (Å²) in [5, 5.41) is 18.2. The number of methoxy groups -OCH3 is 1. The van der Waals surface area contributed by atoms with E-state index in [1.54, 1.807) is 15.6 Å². The van der Waals surface area contributed by atoms with Crippen LogP contribution in [0.4, 0.5) is 11.6 Å². The van der Waals surface area contributed by atoms with Gasteiger partial charge in [-0.1, -0.05) is 17.2 Å². The molecule has 3 heterocycles. The summed E-state index contributed by atoms with van der Waals surface area (Å²) in [7, 11) is 1.52. The summed E-state index contributed by atoms with van der Waals surface area (Å²) < 4.78 is 19.0. The molecular formula is C27H30BrN7O5. The van der Waals surface area contributed by atoms with E-state index in [1.165, 1.54) is 7.11 Å². The van der Waals surface area contributed by atoms with Crippen LogP contribution in [0.2, 0.25) is 0 Å². The molecule has 5 rings (SSSR count). The lowest BCUT2D eigenvalue weighted by Crippen LogP contribution is -2.43. The summed E-state index contributed by atoms with van der Waals surface area (Å²) in [4.78, 5) is 28.2. The average molecular weight is 612 g/mol. The number of nitrogens with zero attached hydrogens (tertiary/aromatic N) is 5. The highest BCUT2D eigenvalue weighted by atomic mass is 79.9. The van der Waals surface area contributed by atoms with Crippen molar-refractivity contribution in [2.45, 2.75) is 26.8 Å². The van der Waals surface area contributed by atoms with E-state index < -0.39 is 6.04 Å². The van der Waals surface area contributed by atoms with Gasteiger partial charge < -0.3 is 29.7 Å². The summed E-state index contributed by atoms with van der Waals surface area (Å²) >= 11 is 3.58. The zero-order valence-electron chi connectivity index (χ0n) is 22.7. The van der Waals surface area contributed by atoms with Crippen molar-refractivity contribution in [1.29, 1.82) is 0 Å². The van der Waals surface area contributed by atoms with E-state index in [1.807, 2.05) is 45.0 Å². The van der Waals surface area contributed by atoms with Gasteiger partial charge in [-0.25, -0.2) is 0 Å². The molecule has 0 aliphatic carbocycles. The molecule has 0 spiro atoms. The van der Waals surface area contributed by atoms with Crippen LogP contribution in [-0.4, -0.2) is 76.9 Å². The molecule has 2 amide bonds. The largest absolute Gasteiger partial charge is 0.493 e. The smallest absolute Gasteiger partial charge is 0.260 e. The van der Waals surface area contributed by atoms with Crippen molar-refractivity contribution in [1.82, 2.24) is 25.1 Å². The van der Waals surface area contributed by atoms with E-state index in [0.29, 0.717) is 65.1 Å². The first-order chi connectivity index (χ1) is 19.3. The fraction of sp³-hybridized carbons (Fsp3) is 0.370. The Bertz CT molecular complexity index is 1480. The minimum absolute atomic E-state index is 0.137. The molecule has 2 aliphatic heterocycles. The van der Waals surface area contributed by atoms with E-state index in [-0.39, 0.29) is 18.4 Å². The molecule has 1 fully saturated rings. The van der Waals surface area contributed by atoms with Crippen LogP contribution in [0.1, 0.15) is 29.7 Å². The molecule has 1 atom stereocenters. The Labute approximate surface area is 239 Å². The Balaban J connectivity index is 1.47. The van der Waals surface area contributed by atoms with Gasteiger partial charge in [0.15, 0.2) is 18.1 Å². The van der Waals surface area contributed by atoms with Gasteiger partial charge in [0.25, 0.3) is 11.8 Å². The van der Waals surface area contributed by atoms with Gasteiger partial charge in [0, 0.05) is 24.5 Å². The summed E-state index contributed by atoms with van der Waals surface area (Å²) in [6.07, 6.45) is 0. The summed E-state index contributed by atoms with van der Waals surface area (Å²) in [6.45, 7) is 7.70. The number of rotatable bonds is 7. The lowest BCUT2D eigenvalue weighted by atomic mass is 9.94. The number of tetrazole rings is 1. The predicted octanol–water partition coefficient (Wildman–Crippen LogP) is 3.23. The third-order valence-corrected chi connectivity index (χ3v) is 7.67. The highest BCUT2D eigenvalue weighted by molar-refractivity contribution is 9.10.